The zero-order valence-corrected chi connectivity index (χ0v) is 12.5. The monoisotopic (exact) mass is 291 g/mol. The lowest BCUT2D eigenvalue weighted by Crippen LogP contribution is -2.08. The lowest BCUT2D eigenvalue weighted by molar-refractivity contribution is 0.0602. The molecule has 0 aliphatic rings. The summed E-state index contributed by atoms with van der Waals surface area (Å²) in [7, 11) is 1.34. The largest absolute Gasteiger partial charge is 0.465 e. The number of methoxy groups -OCH3 is 1. The molecule has 20 heavy (non-hydrogen) atoms. The molecule has 0 fully saturated rings. The first-order valence-electron chi connectivity index (χ1n) is 6.15. The number of rotatable bonds is 4. The summed E-state index contributed by atoms with van der Waals surface area (Å²) in [6, 6.07) is 3.62. The molecular weight excluding hydrogens is 274 g/mol. The van der Waals surface area contributed by atoms with Crippen LogP contribution in [0.5, 0.6) is 0 Å². The van der Waals surface area contributed by atoms with Crippen LogP contribution in [-0.2, 0) is 11.3 Å². The lowest BCUT2D eigenvalue weighted by Gasteiger charge is -2.11. The van der Waals surface area contributed by atoms with Crippen LogP contribution in [0.1, 0.15) is 25.8 Å². The fraction of sp³-hybridized carbons (Fsp3) is 0.286. The maximum atomic E-state index is 11.7. The van der Waals surface area contributed by atoms with E-state index in [1.54, 1.807) is 17.4 Å². The first-order chi connectivity index (χ1) is 9.51. The van der Waals surface area contributed by atoms with E-state index in [-0.39, 0.29) is 0 Å². The summed E-state index contributed by atoms with van der Waals surface area (Å²) >= 11 is 1.64. The van der Waals surface area contributed by atoms with Crippen molar-refractivity contribution in [2.24, 2.45) is 0 Å². The lowest BCUT2D eigenvalue weighted by atomic mass is 10.1. The average molecular weight is 291 g/mol. The van der Waals surface area contributed by atoms with Crippen molar-refractivity contribution in [2.75, 3.05) is 18.2 Å². The molecule has 0 amide bonds. The number of nitrogens with two attached hydrogens (primary N) is 1. The number of benzene rings is 1. The molecule has 1 aromatic carbocycles. The van der Waals surface area contributed by atoms with Gasteiger partial charge in [0.1, 0.15) is 0 Å². The van der Waals surface area contributed by atoms with Gasteiger partial charge >= 0.3 is 5.97 Å². The first-order valence-corrected chi connectivity index (χ1v) is 6.96. The minimum atomic E-state index is -0.428. The zero-order valence-electron chi connectivity index (χ0n) is 11.7. The third-order valence-electron chi connectivity index (χ3n) is 2.93. The summed E-state index contributed by atoms with van der Waals surface area (Å²) in [5, 5.41) is 4.30. The molecule has 1 heterocycles. The van der Waals surface area contributed by atoms with E-state index in [9.17, 15) is 4.79 Å². The molecule has 106 valence electrons. The van der Waals surface area contributed by atoms with Crippen LogP contribution in [0.4, 0.5) is 11.4 Å². The van der Waals surface area contributed by atoms with E-state index < -0.39 is 5.97 Å². The van der Waals surface area contributed by atoms with Gasteiger partial charge in [0.2, 0.25) is 0 Å². The zero-order chi connectivity index (χ0) is 14.7. The fourth-order valence-corrected chi connectivity index (χ4v) is 2.59. The van der Waals surface area contributed by atoms with E-state index in [0.29, 0.717) is 17.8 Å². The molecule has 2 rings (SSSR count). The maximum absolute atomic E-state index is 11.7. The molecule has 0 spiro atoms. The Labute approximate surface area is 121 Å². The van der Waals surface area contributed by atoms with Crippen molar-refractivity contribution in [3.05, 3.63) is 39.3 Å². The average Bonchev–Trinajstić information content (AvgIpc) is 2.85. The van der Waals surface area contributed by atoms with Crippen LogP contribution in [0, 0.1) is 13.8 Å². The minimum absolute atomic E-state index is 0.385. The number of anilines is 2. The number of ether oxygens (including phenoxy) is 1. The molecule has 1 aromatic heterocycles. The number of nitrogen functional groups attached to an aromatic ring is 1. The van der Waals surface area contributed by atoms with Gasteiger partial charge in [-0.05, 0) is 31.5 Å². The van der Waals surface area contributed by atoms with E-state index in [2.05, 4.69) is 10.3 Å². The van der Waals surface area contributed by atoms with Gasteiger partial charge in [-0.1, -0.05) is 0 Å². The third-order valence-corrected chi connectivity index (χ3v) is 3.84. The number of nitrogens with zero attached hydrogens (tertiary/aromatic N) is 1. The SMILES string of the molecule is COC(=O)c1cc(NCc2cnc(C)s2)cc(C)c1N. The van der Waals surface area contributed by atoms with Crippen molar-refractivity contribution in [3.63, 3.8) is 0 Å². The second-order valence-electron chi connectivity index (χ2n) is 4.45. The Morgan fingerprint density at radius 1 is 1.45 bits per heavy atom. The van der Waals surface area contributed by atoms with Gasteiger partial charge in [-0.15, -0.1) is 11.3 Å². The molecule has 6 heteroatoms. The van der Waals surface area contributed by atoms with Crippen molar-refractivity contribution >= 4 is 28.7 Å². The van der Waals surface area contributed by atoms with Crippen molar-refractivity contribution in [1.82, 2.24) is 4.98 Å². The van der Waals surface area contributed by atoms with Gasteiger partial charge in [-0.2, -0.15) is 0 Å². The van der Waals surface area contributed by atoms with Crippen LogP contribution in [0.2, 0.25) is 0 Å². The number of carbonyl (C=O) groups excluding carboxylic acids is 1. The van der Waals surface area contributed by atoms with E-state index in [0.717, 1.165) is 21.1 Å². The highest BCUT2D eigenvalue weighted by Gasteiger charge is 2.13. The number of thiazole rings is 1. The van der Waals surface area contributed by atoms with E-state index in [4.69, 9.17) is 10.5 Å². The molecule has 0 atom stereocenters. The summed E-state index contributed by atoms with van der Waals surface area (Å²) in [4.78, 5) is 17.0. The highest BCUT2D eigenvalue weighted by molar-refractivity contribution is 7.11. The second-order valence-corrected chi connectivity index (χ2v) is 5.76. The van der Waals surface area contributed by atoms with E-state index in [1.807, 2.05) is 26.1 Å². The quantitative estimate of drug-likeness (QED) is 0.669. The standard InChI is InChI=1S/C14H17N3O2S/c1-8-4-10(5-12(13(8)15)14(18)19-3)17-7-11-6-16-9(2)20-11/h4-6,17H,7,15H2,1-3H3. The van der Waals surface area contributed by atoms with Crippen LogP contribution < -0.4 is 11.1 Å². The van der Waals surface area contributed by atoms with Crippen LogP contribution in [0.3, 0.4) is 0 Å². The molecule has 0 bridgehead atoms. The topological polar surface area (TPSA) is 77.2 Å². The van der Waals surface area contributed by atoms with Crippen LogP contribution in [-0.4, -0.2) is 18.1 Å². The highest BCUT2D eigenvalue weighted by Crippen LogP contribution is 2.24. The number of aryl methyl sites for hydroxylation is 2. The summed E-state index contributed by atoms with van der Waals surface area (Å²) in [5.41, 5.74) is 8.42. The van der Waals surface area contributed by atoms with Crippen molar-refractivity contribution in [3.8, 4) is 0 Å². The Morgan fingerprint density at radius 2 is 2.20 bits per heavy atom. The number of aromatic nitrogens is 1. The summed E-state index contributed by atoms with van der Waals surface area (Å²) < 4.78 is 4.74. The number of hydrogen-bond acceptors (Lipinski definition) is 6. The maximum Gasteiger partial charge on any atom is 0.340 e. The smallest absolute Gasteiger partial charge is 0.340 e. The number of esters is 1. The van der Waals surface area contributed by atoms with E-state index in [1.165, 1.54) is 7.11 Å². The van der Waals surface area contributed by atoms with Gasteiger partial charge in [0, 0.05) is 22.4 Å². The second kappa shape index (κ2) is 5.92. The fourth-order valence-electron chi connectivity index (χ4n) is 1.86. The van der Waals surface area contributed by atoms with Crippen LogP contribution in [0.25, 0.3) is 0 Å². The Hall–Kier alpha value is -2.08. The Bertz CT molecular complexity index is 637. The number of carbonyl (C=O) groups is 1. The molecule has 0 saturated carbocycles. The molecule has 2 aromatic rings. The molecule has 3 N–H and O–H groups in total. The molecule has 0 saturated heterocycles. The summed E-state index contributed by atoms with van der Waals surface area (Å²) in [6.07, 6.45) is 1.85. The summed E-state index contributed by atoms with van der Waals surface area (Å²) in [6.45, 7) is 4.50. The van der Waals surface area contributed by atoms with Gasteiger partial charge in [0.25, 0.3) is 0 Å². The van der Waals surface area contributed by atoms with Gasteiger partial charge in [-0.3, -0.25) is 0 Å². The normalized spacial score (nSPS) is 10.3. The van der Waals surface area contributed by atoms with Gasteiger partial charge < -0.3 is 15.8 Å². The molecule has 0 radical (unpaired) electrons. The number of nitrogens with one attached hydrogen (secondary N) is 1. The van der Waals surface area contributed by atoms with Gasteiger partial charge in [-0.25, -0.2) is 9.78 Å². The Kier molecular flexibility index (Phi) is 4.24. The van der Waals surface area contributed by atoms with Crippen molar-refractivity contribution in [1.29, 1.82) is 0 Å². The molecule has 5 nitrogen and oxygen atoms in total. The highest BCUT2D eigenvalue weighted by atomic mass is 32.1. The van der Waals surface area contributed by atoms with Gasteiger partial charge in [0.05, 0.1) is 24.2 Å². The number of hydrogen-bond donors (Lipinski definition) is 2. The van der Waals surface area contributed by atoms with E-state index >= 15 is 0 Å². The Morgan fingerprint density at radius 3 is 2.80 bits per heavy atom. The molecular formula is C14H17N3O2S. The van der Waals surface area contributed by atoms with Crippen LogP contribution >= 0.6 is 11.3 Å². The molecule has 0 unspecified atom stereocenters. The van der Waals surface area contributed by atoms with Gasteiger partial charge in [0.15, 0.2) is 0 Å². The molecule has 0 aliphatic heterocycles. The summed E-state index contributed by atoms with van der Waals surface area (Å²) in [5.74, 6) is -0.428. The Balaban J connectivity index is 2.19. The van der Waals surface area contributed by atoms with Crippen molar-refractivity contribution < 1.29 is 9.53 Å². The predicted molar refractivity (Wildman–Crippen MR) is 81.1 cm³/mol. The third kappa shape index (κ3) is 3.08. The molecule has 0 aliphatic carbocycles. The van der Waals surface area contributed by atoms with Crippen LogP contribution in [0.15, 0.2) is 18.3 Å². The van der Waals surface area contributed by atoms with Crippen molar-refractivity contribution in [2.45, 2.75) is 20.4 Å². The minimum Gasteiger partial charge on any atom is -0.465 e. The first kappa shape index (κ1) is 14.3. The predicted octanol–water partition coefficient (Wildman–Crippen LogP) is 2.74.